The van der Waals surface area contributed by atoms with Gasteiger partial charge in [-0.3, -0.25) is 0 Å². The zero-order valence-electron chi connectivity index (χ0n) is 8.81. The molecule has 0 amide bonds. The standard InChI is InChI=1S/C10H9ClO5S/c1-16-8-4-6-7(17(8,14)15)3-2-5(9(6)11)10(12)13/h2-3,8H,4H2,1H3,(H,12,13). The van der Waals surface area contributed by atoms with E-state index < -0.39 is 21.2 Å². The number of carboxylic acid groups (broad SMARTS) is 1. The Kier molecular flexibility index (Phi) is 2.89. The first-order chi connectivity index (χ1) is 7.89. The Hall–Kier alpha value is -1.11. The summed E-state index contributed by atoms with van der Waals surface area (Å²) < 4.78 is 28.7. The summed E-state index contributed by atoms with van der Waals surface area (Å²) in [5.41, 5.74) is -0.769. The van der Waals surface area contributed by atoms with Gasteiger partial charge in [-0.1, -0.05) is 11.6 Å². The van der Waals surface area contributed by atoms with Crippen LogP contribution in [0.4, 0.5) is 0 Å². The smallest absolute Gasteiger partial charge is 0.337 e. The van der Waals surface area contributed by atoms with Crippen molar-refractivity contribution >= 4 is 27.4 Å². The van der Waals surface area contributed by atoms with Crippen molar-refractivity contribution in [3.63, 3.8) is 0 Å². The Bertz CT molecular complexity index is 593. The fourth-order valence-corrected chi connectivity index (χ4v) is 3.94. The molecule has 0 aliphatic carbocycles. The highest BCUT2D eigenvalue weighted by atomic mass is 35.5. The lowest BCUT2D eigenvalue weighted by Crippen LogP contribution is -2.18. The normalized spacial score (nSPS) is 21.2. The molecule has 1 atom stereocenters. The molecule has 0 fully saturated rings. The van der Waals surface area contributed by atoms with Crippen LogP contribution >= 0.6 is 11.6 Å². The molecule has 1 unspecified atom stereocenters. The molecule has 0 aromatic heterocycles. The Morgan fingerprint density at radius 2 is 2.18 bits per heavy atom. The minimum absolute atomic E-state index is 0.0295. The summed E-state index contributed by atoms with van der Waals surface area (Å²) in [6, 6.07) is 2.46. The van der Waals surface area contributed by atoms with Crippen molar-refractivity contribution in [3.8, 4) is 0 Å². The van der Waals surface area contributed by atoms with Crippen molar-refractivity contribution in [1.82, 2.24) is 0 Å². The topological polar surface area (TPSA) is 80.7 Å². The van der Waals surface area contributed by atoms with Crippen LogP contribution in [0.5, 0.6) is 0 Å². The molecule has 1 heterocycles. The molecule has 7 heteroatoms. The summed E-state index contributed by atoms with van der Waals surface area (Å²) in [6.45, 7) is 0. The van der Waals surface area contributed by atoms with Crippen LogP contribution in [0.3, 0.4) is 0 Å². The second kappa shape index (κ2) is 3.97. The van der Waals surface area contributed by atoms with Gasteiger partial charge in [-0.2, -0.15) is 0 Å². The predicted octanol–water partition coefficient (Wildman–Crippen LogP) is 1.34. The molecule has 1 aromatic carbocycles. The van der Waals surface area contributed by atoms with Crippen LogP contribution in [0.25, 0.3) is 0 Å². The number of methoxy groups -OCH3 is 1. The Morgan fingerprint density at radius 3 is 2.71 bits per heavy atom. The maximum Gasteiger partial charge on any atom is 0.337 e. The average molecular weight is 277 g/mol. The molecule has 92 valence electrons. The minimum atomic E-state index is -3.56. The third kappa shape index (κ3) is 1.72. The highest BCUT2D eigenvalue weighted by Crippen LogP contribution is 2.37. The van der Waals surface area contributed by atoms with E-state index in [0.717, 1.165) is 0 Å². The number of sulfone groups is 1. The van der Waals surface area contributed by atoms with Gasteiger partial charge < -0.3 is 9.84 Å². The number of hydrogen-bond donors (Lipinski definition) is 1. The average Bonchev–Trinajstić information content (AvgIpc) is 2.51. The number of carboxylic acids is 1. The molecule has 1 N–H and O–H groups in total. The molecule has 0 saturated carbocycles. The molecule has 17 heavy (non-hydrogen) atoms. The Balaban J connectivity index is 2.67. The monoisotopic (exact) mass is 276 g/mol. The molecule has 0 radical (unpaired) electrons. The molecule has 0 saturated heterocycles. The Labute approximate surface area is 103 Å². The van der Waals surface area contributed by atoms with Gasteiger partial charge in [0.1, 0.15) is 0 Å². The lowest BCUT2D eigenvalue weighted by atomic mass is 10.1. The van der Waals surface area contributed by atoms with Crippen LogP contribution in [0.1, 0.15) is 15.9 Å². The van der Waals surface area contributed by atoms with Crippen LogP contribution in [0.15, 0.2) is 17.0 Å². The van der Waals surface area contributed by atoms with Crippen LogP contribution in [0.2, 0.25) is 5.02 Å². The summed E-state index contributed by atoms with van der Waals surface area (Å²) in [7, 11) is -2.27. The van der Waals surface area contributed by atoms with E-state index in [0.29, 0.717) is 5.56 Å². The number of aromatic carboxylic acids is 1. The van der Waals surface area contributed by atoms with Crippen LogP contribution in [-0.2, 0) is 21.0 Å². The number of rotatable bonds is 2. The van der Waals surface area contributed by atoms with E-state index in [1.54, 1.807) is 0 Å². The molecular weight excluding hydrogens is 268 g/mol. The summed E-state index contributed by atoms with van der Waals surface area (Å²) in [5, 5.41) is 8.86. The highest BCUT2D eigenvalue weighted by Gasteiger charge is 2.39. The zero-order chi connectivity index (χ0) is 12.8. The largest absolute Gasteiger partial charge is 0.478 e. The van der Waals surface area contributed by atoms with E-state index in [4.69, 9.17) is 21.4 Å². The first-order valence-corrected chi connectivity index (χ1v) is 6.63. The van der Waals surface area contributed by atoms with Gasteiger partial charge in [0.05, 0.1) is 15.5 Å². The molecular formula is C10H9ClO5S. The highest BCUT2D eigenvalue weighted by molar-refractivity contribution is 7.92. The van der Waals surface area contributed by atoms with Gasteiger partial charge in [0, 0.05) is 13.5 Å². The SMILES string of the molecule is COC1Cc2c(ccc(C(=O)O)c2Cl)S1(=O)=O. The fraction of sp³-hybridized carbons (Fsp3) is 0.300. The van der Waals surface area contributed by atoms with Crippen LogP contribution < -0.4 is 0 Å². The first-order valence-electron chi connectivity index (χ1n) is 4.71. The lowest BCUT2D eigenvalue weighted by molar-refractivity contribution is 0.0697. The van der Waals surface area contributed by atoms with Crippen molar-refractivity contribution in [1.29, 1.82) is 0 Å². The molecule has 0 spiro atoms. The second-order valence-electron chi connectivity index (χ2n) is 3.62. The van der Waals surface area contributed by atoms with Crippen LogP contribution in [-0.4, -0.2) is 32.0 Å². The second-order valence-corrected chi connectivity index (χ2v) is 6.06. The van der Waals surface area contributed by atoms with Gasteiger partial charge in [-0.05, 0) is 17.7 Å². The van der Waals surface area contributed by atoms with Gasteiger partial charge >= 0.3 is 5.97 Å². The third-order valence-electron chi connectivity index (χ3n) is 2.72. The molecule has 5 nitrogen and oxygen atoms in total. The van der Waals surface area contributed by atoms with Crippen molar-refractivity contribution in [2.24, 2.45) is 0 Å². The van der Waals surface area contributed by atoms with Gasteiger partial charge in [0.15, 0.2) is 5.44 Å². The van der Waals surface area contributed by atoms with Crippen molar-refractivity contribution in [2.45, 2.75) is 16.8 Å². The quantitative estimate of drug-likeness (QED) is 0.882. The third-order valence-corrected chi connectivity index (χ3v) is 5.20. The van der Waals surface area contributed by atoms with Gasteiger partial charge in [0.25, 0.3) is 0 Å². The molecule has 0 bridgehead atoms. The summed E-state index contributed by atoms with van der Waals surface area (Å²) >= 11 is 5.90. The van der Waals surface area contributed by atoms with E-state index in [2.05, 4.69) is 0 Å². The summed E-state index contributed by atoms with van der Waals surface area (Å²) in [5.74, 6) is -1.18. The number of hydrogen-bond acceptors (Lipinski definition) is 4. The van der Waals surface area contributed by atoms with Crippen LogP contribution in [0, 0.1) is 0 Å². The predicted molar refractivity (Wildman–Crippen MR) is 60.1 cm³/mol. The number of benzene rings is 1. The van der Waals surface area contributed by atoms with Gasteiger partial charge in [-0.25, -0.2) is 13.2 Å². The maximum atomic E-state index is 11.9. The van der Waals surface area contributed by atoms with E-state index >= 15 is 0 Å². The number of halogens is 1. The van der Waals surface area contributed by atoms with Crippen molar-refractivity contribution in [3.05, 3.63) is 28.3 Å². The first kappa shape index (κ1) is 12.3. The lowest BCUT2D eigenvalue weighted by Gasteiger charge is -2.05. The number of ether oxygens (including phenoxy) is 1. The molecule has 1 aliphatic rings. The molecule has 1 aromatic rings. The van der Waals surface area contributed by atoms with E-state index in [1.165, 1.54) is 19.2 Å². The van der Waals surface area contributed by atoms with Crippen molar-refractivity contribution < 1.29 is 23.1 Å². The van der Waals surface area contributed by atoms with E-state index in [1.807, 2.05) is 0 Å². The van der Waals surface area contributed by atoms with Gasteiger partial charge in [-0.15, -0.1) is 0 Å². The number of carbonyl (C=O) groups is 1. The zero-order valence-corrected chi connectivity index (χ0v) is 10.4. The Morgan fingerprint density at radius 1 is 1.53 bits per heavy atom. The molecule has 2 rings (SSSR count). The maximum absolute atomic E-state index is 11.9. The minimum Gasteiger partial charge on any atom is -0.478 e. The fourth-order valence-electron chi connectivity index (χ4n) is 1.85. The van der Waals surface area contributed by atoms with E-state index in [9.17, 15) is 13.2 Å². The van der Waals surface area contributed by atoms with Gasteiger partial charge in [0.2, 0.25) is 9.84 Å². The summed E-state index contributed by atoms with van der Waals surface area (Å²) in [4.78, 5) is 10.9. The summed E-state index contributed by atoms with van der Waals surface area (Å²) in [6.07, 6.45) is 0.0775. The van der Waals surface area contributed by atoms with Crippen molar-refractivity contribution in [2.75, 3.05) is 7.11 Å². The number of fused-ring (bicyclic) bond motifs is 1. The molecule has 1 aliphatic heterocycles. The van der Waals surface area contributed by atoms with E-state index in [-0.39, 0.29) is 21.9 Å².